The number of halogens is 1. The van der Waals surface area contributed by atoms with Gasteiger partial charge in [0.25, 0.3) is 0 Å². The average Bonchev–Trinajstić information content (AvgIpc) is 2.08. The molecule has 0 saturated heterocycles. The van der Waals surface area contributed by atoms with Crippen LogP contribution in [0.25, 0.3) is 0 Å². The summed E-state index contributed by atoms with van der Waals surface area (Å²) < 4.78 is 13.3. The number of hydrogen-bond acceptors (Lipinski definition) is 2. The second-order valence-corrected chi connectivity index (χ2v) is 4.22. The van der Waals surface area contributed by atoms with Crippen LogP contribution < -0.4 is 5.73 Å². The van der Waals surface area contributed by atoms with Crippen LogP contribution in [0.4, 0.5) is 4.39 Å². The first kappa shape index (κ1) is 10.5. The third kappa shape index (κ3) is 2.71. The molecule has 0 radical (unpaired) electrons. The van der Waals surface area contributed by atoms with Gasteiger partial charge in [-0.2, -0.15) is 0 Å². The van der Waals surface area contributed by atoms with Crippen molar-refractivity contribution in [3.8, 4) is 0 Å². The Balaban J connectivity index is 2.92. The summed E-state index contributed by atoms with van der Waals surface area (Å²) >= 11 is 1.51. The number of rotatable bonds is 3. The fourth-order valence-corrected chi connectivity index (χ4v) is 1.74. The Morgan fingerprint density at radius 1 is 1.54 bits per heavy atom. The molecule has 0 saturated carbocycles. The minimum atomic E-state index is -0.165. The Hall–Kier alpha value is -0.540. The Bertz CT molecular complexity index is 286. The van der Waals surface area contributed by atoms with Crippen molar-refractivity contribution < 1.29 is 4.39 Å². The minimum absolute atomic E-state index is 0.102. The van der Waals surface area contributed by atoms with Gasteiger partial charge in [0.05, 0.1) is 0 Å². The molecule has 0 spiro atoms. The summed E-state index contributed by atoms with van der Waals surface area (Å²) in [4.78, 5) is 0.701. The molecular weight excluding hydrogens is 185 g/mol. The molecule has 1 aromatic carbocycles. The van der Waals surface area contributed by atoms with Crippen LogP contribution in [0.5, 0.6) is 0 Å². The number of hydrogen-bond donors (Lipinski definition) is 1. The van der Waals surface area contributed by atoms with Gasteiger partial charge in [0.15, 0.2) is 0 Å². The van der Waals surface area contributed by atoms with Gasteiger partial charge < -0.3 is 5.73 Å². The molecule has 1 rings (SSSR count). The van der Waals surface area contributed by atoms with E-state index < -0.39 is 0 Å². The molecule has 0 aromatic heterocycles. The molecule has 0 aliphatic carbocycles. The quantitative estimate of drug-likeness (QED) is 0.757. The maximum atomic E-state index is 13.3. The molecule has 1 aromatic rings. The van der Waals surface area contributed by atoms with Gasteiger partial charge in [-0.1, -0.05) is 13.0 Å². The summed E-state index contributed by atoms with van der Waals surface area (Å²) in [6.45, 7) is 3.85. The van der Waals surface area contributed by atoms with Crippen LogP contribution in [0.1, 0.15) is 25.5 Å². The Labute approximate surface area is 82.5 Å². The van der Waals surface area contributed by atoms with E-state index in [0.29, 0.717) is 4.90 Å². The fraction of sp³-hybridized carbons (Fsp3) is 0.400. The highest BCUT2D eigenvalue weighted by atomic mass is 32.2. The normalized spacial score (nSPS) is 12.9. The van der Waals surface area contributed by atoms with Crippen molar-refractivity contribution in [2.75, 3.05) is 5.75 Å². The lowest BCUT2D eigenvalue weighted by molar-refractivity contribution is 0.596. The zero-order valence-electron chi connectivity index (χ0n) is 7.88. The zero-order chi connectivity index (χ0) is 9.84. The van der Waals surface area contributed by atoms with Gasteiger partial charge in [0, 0.05) is 10.9 Å². The molecular formula is C10H14FNS. The van der Waals surface area contributed by atoms with Gasteiger partial charge in [-0.3, -0.25) is 0 Å². The highest BCUT2D eigenvalue weighted by Crippen LogP contribution is 2.23. The summed E-state index contributed by atoms with van der Waals surface area (Å²) in [6.07, 6.45) is 0. The minimum Gasteiger partial charge on any atom is -0.324 e. The Morgan fingerprint density at radius 3 is 2.69 bits per heavy atom. The summed E-state index contributed by atoms with van der Waals surface area (Å²) in [7, 11) is 0. The first-order chi connectivity index (χ1) is 6.15. The molecule has 13 heavy (non-hydrogen) atoms. The van der Waals surface area contributed by atoms with Gasteiger partial charge in [0.1, 0.15) is 5.82 Å². The molecule has 0 aliphatic heterocycles. The van der Waals surface area contributed by atoms with E-state index in [1.807, 2.05) is 19.9 Å². The van der Waals surface area contributed by atoms with E-state index in [1.165, 1.54) is 17.8 Å². The zero-order valence-corrected chi connectivity index (χ0v) is 8.70. The average molecular weight is 199 g/mol. The summed E-state index contributed by atoms with van der Waals surface area (Å²) in [5, 5.41) is 0. The van der Waals surface area contributed by atoms with E-state index in [0.717, 1.165) is 11.3 Å². The van der Waals surface area contributed by atoms with Gasteiger partial charge in [0.2, 0.25) is 0 Å². The first-order valence-corrected chi connectivity index (χ1v) is 5.31. The second-order valence-electron chi connectivity index (χ2n) is 2.91. The van der Waals surface area contributed by atoms with Crippen molar-refractivity contribution in [1.82, 2.24) is 0 Å². The van der Waals surface area contributed by atoms with Gasteiger partial charge in [-0.25, -0.2) is 4.39 Å². The summed E-state index contributed by atoms with van der Waals surface area (Å²) in [5.41, 5.74) is 6.48. The van der Waals surface area contributed by atoms with Crippen molar-refractivity contribution in [2.24, 2.45) is 5.73 Å². The second kappa shape index (κ2) is 4.63. The van der Waals surface area contributed by atoms with Crippen LogP contribution in [-0.4, -0.2) is 5.75 Å². The molecule has 2 N–H and O–H groups in total. The van der Waals surface area contributed by atoms with Crippen LogP contribution in [-0.2, 0) is 0 Å². The highest BCUT2D eigenvalue weighted by molar-refractivity contribution is 7.99. The predicted molar refractivity (Wildman–Crippen MR) is 55.4 cm³/mol. The molecule has 0 unspecified atom stereocenters. The molecule has 72 valence electrons. The van der Waals surface area contributed by atoms with E-state index >= 15 is 0 Å². The van der Waals surface area contributed by atoms with Crippen LogP contribution in [0.3, 0.4) is 0 Å². The van der Waals surface area contributed by atoms with Crippen LogP contribution in [0.15, 0.2) is 23.1 Å². The fourth-order valence-electron chi connectivity index (χ4n) is 1.07. The monoisotopic (exact) mass is 199 g/mol. The van der Waals surface area contributed by atoms with Crippen LogP contribution in [0.2, 0.25) is 0 Å². The number of benzene rings is 1. The van der Waals surface area contributed by atoms with Crippen molar-refractivity contribution in [3.05, 3.63) is 29.6 Å². The van der Waals surface area contributed by atoms with Crippen molar-refractivity contribution in [3.63, 3.8) is 0 Å². The maximum absolute atomic E-state index is 13.3. The smallest absolute Gasteiger partial charge is 0.137 e. The molecule has 0 fully saturated rings. The standard InChI is InChI=1S/C10H14FNS/c1-3-13-10-5-4-8(7(2)12)6-9(10)11/h4-7H,3,12H2,1-2H3/t7-/m1/s1. The number of thioether (sulfide) groups is 1. The molecule has 0 amide bonds. The third-order valence-corrected chi connectivity index (χ3v) is 2.71. The van der Waals surface area contributed by atoms with Crippen molar-refractivity contribution in [1.29, 1.82) is 0 Å². The molecule has 0 bridgehead atoms. The third-order valence-electron chi connectivity index (χ3n) is 1.78. The predicted octanol–water partition coefficient (Wildman–Crippen LogP) is 2.96. The van der Waals surface area contributed by atoms with Crippen molar-refractivity contribution in [2.45, 2.75) is 24.8 Å². The topological polar surface area (TPSA) is 26.0 Å². The Kier molecular flexibility index (Phi) is 3.75. The van der Waals surface area contributed by atoms with E-state index in [1.54, 1.807) is 6.07 Å². The van der Waals surface area contributed by atoms with E-state index in [9.17, 15) is 4.39 Å². The van der Waals surface area contributed by atoms with E-state index in [4.69, 9.17) is 5.73 Å². The SMILES string of the molecule is CCSc1ccc([C@@H](C)N)cc1F. The van der Waals surface area contributed by atoms with Gasteiger partial charge in [-0.15, -0.1) is 11.8 Å². The van der Waals surface area contributed by atoms with Crippen LogP contribution >= 0.6 is 11.8 Å². The molecule has 0 heterocycles. The molecule has 0 aliphatic rings. The van der Waals surface area contributed by atoms with E-state index in [2.05, 4.69) is 0 Å². The lowest BCUT2D eigenvalue weighted by Gasteiger charge is -2.07. The van der Waals surface area contributed by atoms with Crippen molar-refractivity contribution >= 4 is 11.8 Å². The van der Waals surface area contributed by atoms with Gasteiger partial charge >= 0.3 is 0 Å². The molecule has 1 atom stereocenters. The number of nitrogens with two attached hydrogens (primary N) is 1. The lowest BCUT2D eigenvalue weighted by atomic mass is 10.1. The van der Waals surface area contributed by atoms with Crippen LogP contribution in [0, 0.1) is 5.82 Å². The lowest BCUT2D eigenvalue weighted by Crippen LogP contribution is -2.05. The first-order valence-electron chi connectivity index (χ1n) is 4.33. The van der Waals surface area contributed by atoms with E-state index in [-0.39, 0.29) is 11.9 Å². The van der Waals surface area contributed by atoms with Gasteiger partial charge in [-0.05, 0) is 30.4 Å². The Morgan fingerprint density at radius 2 is 2.23 bits per heavy atom. The molecule has 1 nitrogen and oxygen atoms in total. The summed E-state index contributed by atoms with van der Waals surface area (Å²) in [5.74, 6) is 0.718. The highest BCUT2D eigenvalue weighted by Gasteiger charge is 2.05. The maximum Gasteiger partial charge on any atom is 0.137 e. The molecule has 3 heteroatoms. The largest absolute Gasteiger partial charge is 0.324 e. The summed E-state index contributed by atoms with van der Waals surface area (Å²) in [6, 6.07) is 5.09.